The van der Waals surface area contributed by atoms with Gasteiger partial charge < -0.3 is 11.1 Å². The van der Waals surface area contributed by atoms with Crippen LogP contribution >= 0.6 is 0 Å². The molecule has 0 aromatic heterocycles. The summed E-state index contributed by atoms with van der Waals surface area (Å²) in [5, 5.41) is 17.2. The van der Waals surface area contributed by atoms with E-state index in [9.17, 15) is 10.1 Å². The monoisotopic (exact) mass is 165 g/mol. The lowest BCUT2D eigenvalue weighted by Gasteiger charge is -1.96. The van der Waals surface area contributed by atoms with Crippen LogP contribution in [0, 0.1) is 15.5 Å². The first-order valence-corrected chi connectivity index (χ1v) is 3.19. The van der Waals surface area contributed by atoms with Crippen molar-refractivity contribution >= 4 is 17.6 Å². The Morgan fingerprint density at radius 2 is 2.25 bits per heavy atom. The lowest BCUT2D eigenvalue weighted by atomic mass is 10.2. The molecule has 1 aromatic rings. The number of hydrogen-bond acceptors (Lipinski definition) is 4. The molecule has 3 N–H and O–H groups in total. The van der Waals surface area contributed by atoms with Crippen LogP contribution in [0.15, 0.2) is 18.2 Å². The van der Waals surface area contributed by atoms with Crippen molar-refractivity contribution in [1.82, 2.24) is 0 Å². The molecule has 0 radical (unpaired) electrons. The Morgan fingerprint density at radius 3 is 2.75 bits per heavy atom. The van der Waals surface area contributed by atoms with Crippen molar-refractivity contribution in [2.45, 2.75) is 0 Å². The Balaban J connectivity index is 3.25. The number of nitrogens with one attached hydrogen (secondary N) is 1. The normalized spacial score (nSPS) is 9.33. The average Bonchev–Trinajstić information content (AvgIpc) is 2.05. The summed E-state index contributed by atoms with van der Waals surface area (Å²) in [6.07, 6.45) is 1.03. The molecule has 0 aliphatic rings. The number of nitro groups is 1. The molecule has 0 spiro atoms. The second-order valence-electron chi connectivity index (χ2n) is 2.22. The molecule has 5 heteroatoms. The van der Waals surface area contributed by atoms with Crippen LogP contribution in [-0.2, 0) is 0 Å². The summed E-state index contributed by atoms with van der Waals surface area (Å²) in [5.41, 5.74) is 5.76. The molecule has 0 aliphatic heterocycles. The van der Waals surface area contributed by atoms with Crippen LogP contribution in [0.1, 0.15) is 5.56 Å². The van der Waals surface area contributed by atoms with E-state index in [0.717, 1.165) is 6.21 Å². The van der Waals surface area contributed by atoms with Gasteiger partial charge in [0.05, 0.1) is 4.92 Å². The molecular formula is C7H7N3O2. The van der Waals surface area contributed by atoms with Gasteiger partial charge in [-0.2, -0.15) is 0 Å². The standard InChI is InChI=1S/C7H7N3O2/c8-4-5-1-2-6(9)7(3-5)10(11)12/h1-4,8H,9H2. The van der Waals surface area contributed by atoms with Gasteiger partial charge in [0.2, 0.25) is 0 Å². The van der Waals surface area contributed by atoms with E-state index in [1.165, 1.54) is 12.1 Å². The van der Waals surface area contributed by atoms with Gasteiger partial charge in [0.25, 0.3) is 5.69 Å². The number of benzene rings is 1. The molecule has 0 fully saturated rings. The van der Waals surface area contributed by atoms with Gasteiger partial charge in [-0.3, -0.25) is 10.1 Å². The fraction of sp³-hybridized carbons (Fsp3) is 0. The minimum atomic E-state index is -0.567. The van der Waals surface area contributed by atoms with E-state index in [4.69, 9.17) is 11.1 Å². The summed E-state index contributed by atoms with van der Waals surface area (Å²) in [7, 11) is 0. The number of nitrogen functional groups attached to an aromatic ring is 1. The minimum absolute atomic E-state index is 0.116. The molecule has 0 bridgehead atoms. The Labute approximate surface area is 68.5 Å². The lowest BCUT2D eigenvalue weighted by Crippen LogP contribution is -1.96. The van der Waals surface area contributed by atoms with E-state index < -0.39 is 4.92 Å². The molecule has 1 rings (SSSR count). The number of nitro benzene ring substituents is 1. The molecule has 5 nitrogen and oxygen atoms in total. The lowest BCUT2D eigenvalue weighted by molar-refractivity contribution is -0.383. The smallest absolute Gasteiger partial charge is 0.292 e. The molecular weight excluding hydrogens is 158 g/mol. The maximum atomic E-state index is 10.3. The van der Waals surface area contributed by atoms with Crippen LogP contribution in [-0.4, -0.2) is 11.1 Å². The highest BCUT2D eigenvalue weighted by Gasteiger charge is 2.10. The zero-order chi connectivity index (χ0) is 9.14. The third-order valence-corrected chi connectivity index (χ3v) is 1.42. The van der Waals surface area contributed by atoms with Crippen molar-refractivity contribution in [3.05, 3.63) is 33.9 Å². The van der Waals surface area contributed by atoms with Gasteiger partial charge in [-0.25, -0.2) is 0 Å². The van der Waals surface area contributed by atoms with Crippen molar-refractivity contribution in [1.29, 1.82) is 5.41 Å². The summed E-state index contributed by atoms with van der Waals surface area (Å²) < 4.78 is 0. The van der Waals surface area contributed by atoms with E-state index in [1.54, 1.807) is 6.07 Å². The van der Waals surface area contributed by atoms with Crippen LogP contribution in [0.2, 0.25) is 0 Å². The molecule has 1 aromatic carbocycles. The zero-order valence-corrected chi connectivity index (χ0v) is 6.15. The first kappa shape index (κ1) is 8.19. The summed E-state index contributed by atoms with van der Waals surface area (Å²) in [5.74, 6) is 0. The second-order valence-corrected chi connectivity index (χ2v) is 2.22. The predicted octanol–water partition coefficient (Wildman–Crippen LogP) is 1.17. The van der Waals surface area contributed by atoms with E-state index in [0.29, 0.717) is 5.56 Å². The molecule has 12 heavy (non-hydrogen) atoms. The van der Waals surface area contributed by atoms with Gasteiger partial charge in [-0.1, -0.05) is 6.07 Å². The Bertz CT molecular complexity index is 335. The number of anilines is 1. The molecule has 62 valence electrons. The van der Waals surface area contributed by atoms with Gasteiger partial charge in [-0.15, -0.1) is 0 Å². The predicted molar refractivity (Wildman–Crippen MR) is 45.4 cm³/mol. The van der Waals surface area contributed by atoms with Crippen LogP contribution in [0.5, 0.6) is 0 Å². The highest BCUT2D eigenvalue weighted by atomic mass is 16.6. The third-order valence-electron chi connectivity index (χ3n) is 1.42. The zero-order valence-electron chi connectivity index (χ0n) is 6.15. The molecule has 0 unspecified atom stereocenters. The first-order valence-electron chi connectivity index (χ1n) is 3.19. The maximum absolute atomic E-state index is 10.3. The van der Waals surface area contributed by atoms with E-state index in [1.807, 2.05) is 0 Å². The van der Waals surface area contributed by atoms with Gasteiger partial charge in [0.1, 0.15) is 5.69 Å². The minimum Gasteiger partial charge on any atom is -0.393 e. The van der Waals surface area contributed by atoms with Crippen LogP contribution in [0.3, 0.4) is 0 Å². The fourth-order valence-corrected chi connectivity index (χ4v) is 0.809. The van der Waals surface area contributed by atoms with Crippen molar-refractivity contribution in [2.24, 2.45) is 0 Å². The Hall–Kier alpha value is -1.91. The number of hydrogen-bond donors (Lipinski definition) is 2. The van der Waals surface area contributed by atoms with Crippen molar-refractivity contribution in [3.8, 4) is 0 Å². The topological polar surface area (TPSA) is 93.0 Å². The second kappa shape index (κ2) is 3.00. The quantitative estimate of drug-likeness (QED) is 0.298. The highest BCUT2D eigenvalue weighted by Crippen LogP contribution is 2.21. The molecule has 0 heterocycles. The SMILES string of the molecule is N=Cc1ccc(N)c([N+](=O)[O-])c1. The van der Waals surface area contributed by atoms with E-state index >= 15 is 0 Å². The van der Waals surface area contributed by atoms with Gasteiger partial charge in [0.15, 0.2) is 0 Å². The Kier molecular flexibility index (Phi) is 2.05. The summed E-state index contributed by atoms with van der Waals surface area (Å²) in [4.78, 5) is 9.77. The maximum Gasteiger partial charge on any atom is 0.292 e. The van der Waals surface area contributed by atoms with Crippen LogP contribution < -0.4 is 5.73 Å². The molecule has 0 saturated carbocycles. The molecule has 0 aliphatic carbocycles. The van der Waals surface area contributed by atoms with Crippen molar-refractivity contribution < 1.29 is 4.92 Å². The van der Waals surface area contributed by atoms with Crippen molar-refractivity contribution in [3.63, 3.8) is 0 Å². The Morgan fingerprint density at radius 1 is 1.58 bits per heavy atom. The summed E-state index contributed by atoms with van der Waals surface area (Å²) in [6.45, 7) is 0. The largest absolute Gasteiger partial charge is 0.393 e. The summed E-state index contributed by atoms with van der Waals surface area (Å²) >= 11 is 0. The fourth-order valence-electron chi connectivity index (χ4n) is 0.809. The summed E-state index contributed by atoms with van der Waals surface area (Å²) in [6, 6.07) is 4.23. The van der Waals surface area contributed by atoms with E-state index in [2.05, 4.69) is 0 Å². The van der Waals surface area contributed by atoms with Crippen LogP contribution in [0.25, 0.3) is 0 Å². The van der Waals surface area contributed by atoms with Gasteiger partial charge >= 0.3 is 0 Å². The van der Waals surface area contributed by atoms with Gasteiger partial charge in [0, 0.05) is 12.3 Å². The number of rotatable bonds is 2. The molecule has 0 amide bonds. The number of nitrogens with two attached hydrogens (primary N) is 1. The van der Waals surface area contributed by atoms with E-state index in [-0.39, 0.29) is 11.4 Å². The van der Waals surface area contributed by atoms with Crippen LogP contribution in [0.4, 0.5) is 11.4 Å². The van der Waals surface area contributed by atoms with Gasteiger partial charge in [-0.05, 0) is 11.6 Å². The average molecular weight is 165 g/mol. The first-order chi connectivity index (χ1) is 5.65. The number of nitrogens with zero attached hydrogens (tertiary/aromatic N) is 1. The molecule has 0 atom stereocenters. The molecule has 0 saturated heterocycles. The highest BCUT2D eigenvalue weighted by molar-refractivity contribution is 5.80. The van der Waals surface area contributed by atoms with Crippen molar-refractivity contribution in [2.75, 3.05) is 5.73 Å². The third kappa shape index (κ3) is 1.39.